The molecule has 146 valence electrons. The van der Waals surface area contributed by atoms with E-state index in [1.807, 2.05) is 30.0 Å². The Kier molecular flexibility index (Phi) is 8.63. The molecule has 27 heavy (non-hydrogen) atoms. The Morgan fingerprint density at radius 1 is 1.19 bits per heavy atom. The van der Waals surface area contributed by atoms with Crippen LogP contribution in [0.4, 0.5) is 0 Å². The number of carbonyl (C=O) groups is 1. The predicted octanol–water partition coefficient (Wildman–Crippen LogP) is 2.58. The third-order valence-electron chi connectivity index (χ3n) is 4.44. The molecule has 0 spiro atoms. The molecule has 0 fully saturated rings. The van der Waals surface area contributed by atoms with Crippen LogP contribution >= 0.6 is 24.0 Å². The molecule has 3 rings (SSSR count). The van der Waals surface area contributed by atoms with Crippen molar-refractivity contribution in [1.29, 1.82) is 0 Å². The van der Waals surface area contributed by atoms with Gasteiger partial charge in [-0.2, -0.15) is 0 Å². The minimum atomic E-state index is 0. The first kappa shape index (κ1) is 21.3. The number of hydrogen-bond donors (Lipinski definition) is 2. The minimum Gasteiger partial charge on any atom is -0.469 e. The van der Waals surface area contributed by atoms with Crippen LogP contribution in [0.5, 0.6) is 0 Å². The average molecular weight is 482 g/mol. The number of aliphatic imine (C=N–C) groups is 1. The number of rotatable bonds is 6. The molecule has 1 aliphatic heterocycles. The van der Waals surface area contributed by atoms with Crippen molar-refractivity contribution in [2.75, 3.05) is 26.2 Å². The summed E-state index contributed by atoms with van der Waals surface area (Å²) >= 11 is 0. The second kappa shape index (κ2) is 11.0. The SMILES string of the molecule is CCNC(=NCC(=O)N1CCc2ccccc2C1)NCCc1ccco1.I. The van der Waals surface area contributed by atoms with Gasteiger partial charge >= 0.3 is 0 Å². The Morgan fingerprint density at radius 2 is 2.00 bits per heavy atom. The molecule has 0 aliphatic carbocycles. The van der Waals surface area contributed by atoms with Crippen molar-refractivity contribution in [1.82, 2.24) is 15.5 Å². The molecule has 2 N–H and O–H groups in total. The molecule has 1 aromatic heterocycles. The lowest BCUT2D eigenvalue weighted by Gasteiger charge is -2.28. The lowest BCUT2D eigenvalue weighted by atomic mass is 10.00. The normalized spacial score (nSPS) is 13.5. The zero-order chi connectivity index (χ0) is 18.2. The van der Waals surface area contributed by atoms with E-state index in [9.17, 15) is 4.79 Å². The van der Waals surface area contributed by atoms with E-state index in [1.54, 1.807) is 6.26 Å². The van der Waals surface area contributed by atoms with Gasteiger partial charge in [0.25, 0.3) is 0 Å². The number of amides is 1. The first-order chi connectivity index (χ1) is 12.8. The quantitative estimate of drug-likeness (QED) is 0.378. The van der Waals surface area contributed by atoms with E-state index in [-0.39, 0.29) is 36.4 Å². The van der Waals surface area contributed by atoms with Crippen LogP contribution < -0.4 is 10.6 Å². The maximum atomic E-state index is 12.5. The average Bonchev–Trinajstić information content (AvgIpc) is 3.19. The number of halogens is 1. The summed E-state index contributed by atoms with van der Waals surface area (Å²) in [5.74, 6) is 1.64. The summed E-state index contributed by atoms with van der Waals surface area (Å²) in [4.78, 5) is 18.8. The summed E-state index contributed by atoms with van der Waals surface area (Å²) in [6, 6.07) is 12.1. The van der Waals surface area contributed by atoms with Crippen molar-refractivity contribution in [3.63, 3.8) is 0 Å². The molecule has 1 aromatic carbocycles. The summed E-state index contributed by atoms with van der Waals surface area (Å²) < 4.78 is 5.32. The van der Waals surface area contributed by atoms with Gasteiger partial charge in [0.05, 0.1) is 6.26 Å². The zero-order valence-corrected chi connectivity index (χ0v) is 17.9. The van der Waals surface area contributed by atoms with Gasteiger partial charge < -0.3 is 20.0 Å². The van der Waals surface area contributed by atoms with E-state index < -0.39 is 0 Å². The molecule has 1 amide bonds. The first-order valence-corrected chi connectivity index (χ1v) is 9.15. The second-order valence-electron chi connectivity index (χ2n) is 6.29. The van der Waals surface area contributed by atoms with Gasteiger partial charge in [-0.05, 0) is 36.6 Å². The molecule has 1 aliphatic rings. The number of benzene rings is 1. The van der Waals surface area contributed by atoms with Crippen LogP contribution in [0.2, 0.25) is 0 Å². The Morgan fingerprint density at radius 3 is 2.74 bits per heavy atom. The van der Waals surface area contributed by atoms with E-state index in [0.29, 0.717) is 19.0 Å². The van der Waals surface area contributed by atoms with Gasteiger partial charge in [-0.25, -0.2) is 4.99 Å². The summed E-state index contributed by atoms with van der Waals surface area (Å²) in [6.45, 7) is 5.04. The van der Waals surface area contributed by atoms with Crippen molar-refractivity contribution >= 4 is 35.8 Å². The van der Waals surface area contributed by atoms with Crippen molar-refractivity contribution in [2.24, 2.45) is 4.99 Å². The molecule has 6 nitrogen and oxygen atoms in total. The number of fused-ring (bicyclic) bond motifs is 1. The van der Waals surface area contributed by atoms with Crippen LogP contribution in [0.1, 0.15) is 23.8 Å². The highest BCUT2D eigenvalue weighted by atomic mass is 127. The summed E-state index contributed by atoms with van der Waals surface area (Å²) in [7, 11) is 0. The maximum absolute atomic E-state index is 12.5. The summed E-state index contributed by atoms with van der Waals surface area (Å²) in [5, 5.41) is 6.42. The smallest absolute Gasteiger partial charge is 0.244 e. The zero-order valence-electron chi connectivity index (χ0n) is 15.6. The van der Waals surface area contributed by atoms with Gasteiger partial charge in [0.15, 0.2) is 5.96 Å². The Hall–Kier alpha value is -2.03. The van der Waals surface area contributed by atoms with Crippen LogP contribution in [0.3, 0.4) is 0 Å². The molecule has 0 radical (unpaired) electrons. The van der Waals surface area contributed by atoms with Crippen molar-refractivity contribution in [3.05, 3.63) is 59.5 Å². The molecule has 0 saturated heterocycles. The topological polar surface area (TPSA) is 69.9 Å². The molecule has 2 aromatic rings. The molecule has 0 saturated carbocycles. The van der Waals surface area contributed by atoms with Crippen molar-refractivity contribution < 1.29 is 9.21 Å². The van der Waals surface area contributed by atoms with Crippen molar-refractivity contribution in [3.8, 4) is 0 Å². The lowest BCUT2D eigenvalue weighted by molar-refractivity contribution is -0.130. The second-order valence-corrected chi connectivity index (χ2v) is 6.29. The highest BCUT2D eigenvalue weighted by Gasteiger charge is 2.19. The van der Waals surface area contributed by atoms with Crippen LogP contribution in [-0.4, -0.2) is 42.9 Å². The van der Waals surface area contributed by atoms with Gasteiger partial charge in [-0.3, -0.25) is 4.79 Å². The van der Waals surface area contributed by atoms with Crippen molar-refractivity contribution in [2.45, 2.75) is 26.3 Å². The fourth-order valence-corrected chi connectivity index (χ4v) is 3.06. The molecular weight excluding hydrogens is 455 g/mol. The molecule has 0 unspecified atom stereocenters. The fraction of sp³-hybridized carbons (Fsp3) is 0.400. The monoisotopic (exact) mass is 482 g/mol. The highest BCUT2D eigenvalue weighted by Crippen LogP contribution is 2.18. The van der Waals surface area contributed by atoms with E-state index in [0.717, 1.165) is 31.7 Å². The van der Waals surface area contributed by atoms with Crippen LogP contribution in [0.15, 0.2) is 52.1 Å². The molecule has 0 bridgehead atoms. The fourth-order valence-electron chi connectivity index (χ4n) is 3.06. The molecule has 2 heterocycles. The Bertz CT molecular complexity index is 746. The number of furan rings is 1. The van der Waals surface area contributed by atoms with Gasteiger partial charge in [0.1, 0.15) is 12.3 Å². The van der Waals surface area contributed by atoms with Crippen LogP contribution in [0, 0.1) is 0 Å². The standard InChI is InChI=1S/C20H26N4O2.HI/c1-2-21-20(22-11-9-18-8-5-13-26-18)23-14-19(25)24-12-10-16-6-3-4-7-17(16)15-24;/h3-8,13H,2,9-12,14-15H2,1H3,(H2,21,22,23);1H. The number of nitrogens with one attached hydrogen (secondary N) is 2. The molecule has 0 atom stereocenters. The maximum Gasteiger partial charge on any atom is 0.244 e. The molecule has 7 heteroatoms. The third kappa shape index (κ3) is 6.27. The Balaban J connectivity index is 0.00000261. The van der Waals surface area contributed by atoms with E-state index >= 15 is 0 Å². The van der Waals surface area contributed by atoms with Gasteiger partial charge in [-0.1, -0.05) is 24.3 Å². The summed E-state index contributed by atoms with van der Waals surface area (Å²) in [5.41, 5.74) is 2.58. The van der Waals surface area contributed by atoms with Gasteiger partial charge in [0.2, 0.25) is 5.91 Å². The number of hydrogen-bond acceptors (Lipinski definition) is 3. The first-order valence-electron chi connectivity index (χ1n) is 9.15. The largest absolute Gasteiger partial charge is 0.469 e. The predicted molar refractivity (Wildman–Crippen MR) is 117 cm³/mol. The van der Waals surface area contributed by atoms with Crippen LogP contribution in [0.25, 0.3) is 0 Å². The summed E-state index contributed by atoms with van der Waals surface area (Å²) in [6.07, 6.45) is 3.35. The van der Waals surface area contributed by atoms with Gasteiger partial charge in [0, 0.05) is 32.6 Å². The van der Waals surface area contributed by atoms with Gasteiger partial charge in [-0.15, -0.1) is 24.0 Å². The van der Waals surface area contributed by atoms with Crippen LogP contribution in [-0.2, 0) is 24.2 Å². The number of carbonyl (C=O) groups excluding carboxylic acids is 1. The minimum absolute atomic E-state index is 0. The Labute approximate surface area is 177 Å². The lowest BCUT2D eigenvalue weighted by Crippen LogP contribution is -2.41. The molecular formula is C20H27IN4O2. The third-order valence-corrected chi connectivity index (χ3v) is 4.44. The van der Waals surface area contributed by atoms with E-state index in [1.165, 1.54) is 11.1 Å². The number of guanidine groups is 1. The highest BCUT2D eigenvalue weighted by molar-refractivity contribution is 14.0. The van der Waals surface area contributed by atoms with E-state index in [2.05, 4.69) is 33.8 Å². The van der Waals surface area contributed by atoms with E-state index in [4.69, 9.17) is 4.42 Å². The number of nitrogens with zero attached hydrogens (tertiary/aromatic N) is 2.